The van der Waals surface area contributed by atoms with Gasteiger partial charge in [-0.3, -0.25) is 9.20 Å². The normalized spacial score (nSPS) is 11.4. The Morgan fingerprint density at radius 2 is 2.03 bits per heavy atom. The van der Waals surface area contributed by atoms with Crippen LogP contribution in [-0.4, -0.2) is 14.4 Å². The molecule has 6 heteroatoms. The lowest BCUT2D eigenvalue weighted by Crippen LogP contribution is -2.11. The van der Waals surface area contributed by atoms with E-state index in [-0.39, 0.29) is 5.56 Å². The molecule has 29 heavy (non-hydrogen) atoms. The fourth-order valence-electron chi connectivity index (χ4n) is 3.80. The van der Waals surface area contributed by atoms with E-state index < -0.39 is 0 Å². The van der Waals surface area contributed by atoms with Gasteiger partial charge in [-0.1, -0.05) is 17.7 Å². The predicted molar refractivity (Wildman–Crippen MR) is 114 cm³/mol. The maximum absolute atomic E-state index is 13.0. The van der Waals surface area contributed by atoms with Gasteiger partial charge in [0.15, 0.2) is 0 Å². The maximum atomic E-state index is 13.0. The van der Waals surface area contributed by atoms with Gasteiger partial charge in [0.05, 0.1) is 23.9 Å². The van der Waals surface area contributed by atoms with Crippen molar-refractivity contribution in [2.45, 2.75) is 20.4 Å². The van der Waals surface area contributed by atoms with Crippen molar-refractivity contribution < 1.29 is 4.42 Å². The maximum Gasteiger partial charge on any atom is 0.258 e. The monoisotopic (exact) mass is 384 g/mol. The number of H-pyrrole nitrogens is 1. The number of nitrogens with zero attached hydrogens (tertiary/aromatic N) is 2. The van der Waals surface area contributed by atoms with Crippen molar-refractivity contribution in [3.63, 3.8) is 0 Å². The van der Waals surface area contributed by atoms with E-state index in [4.69, 9.17) is 9.40 Å². The standard InChI is InChI=1S/C23H20N4O2/c1-14-10-15(2)20-16(11-14)12-18(23(28)26-20)21-22(24-13-17-6-5-9-29-17)27-8-4-3-7-19(27)25-21/h3-12,24H,13H2,1-2H3,(H,26,28). The molecule has 5 rings (SSSR count). The van der Waals surface area contributed by atoms with Gasteiger partial charge < -0.3 is 14.7 Å². The molecule has 0 amide bonds. The third-order valence-electron chi connectivity index (χ3n) is 5.09. The van der Waals surface area contributed by atoms with Crippen LogP contribution in [0.5, 0.6) is 0 Å². The van der Waals surface area contributed by atoms with E-state index >= 15 is 0 Å². The van der Waals surface area contributed by atoms with Gasteiger partial charge in [0.2, 0.25) is 0 Å². The molecule has 0 saturated carbocycles. The molecule has 0 aliphatic carbocycles. The van der Waals surface area contributed by atoms with E-state index in [9.17, 15) is 4.79 Å². The topological polar surface area (TPSA) is 75.3 Å². The van der Waals surface area contributed by atoms with Gasteiger partial charge in [-0.2, -0.15) is 0 Å². The van der Waals surface area contributed by atoms with Crippen LogP contribution in [0.2, 0.25) is 0 Å². The Morgan fingerprint density at radius 1 is 1.14 bits per heavy atom. The molecule has 0 spiro atoms. The van der Waals surface area contributed by atoms with Gasteiger partial charge >= 0.3 is 0 Å². The third kappa shape index (κ3) is 2.99. The molecular weight excluding hydrogens is 364 g/mol. The molecule has 4 aromatic heterocycles. The molecular formula is C23H20N4O2. The number of imidazole rings is 1. The molecule has 0 radical (unpaired) electrons. The zero-order valence-electron chi connectivity index (χ0n) is 16.2. The quantitative estimate of drug-likeness (QED) is 0.472. The van der Waals surface area contributed by atoms with Gasteiger partial charge in [-0.25, -0.2) is 4.98 Å². The summed E-state index contributed by atoms with van der Waals surface area (Å²) in [5, 5.41) is 4.38. The summed E-state index contributed by atoms with van der Waals surface area (Å²) in [5.74, 6) is 1.56. The Balaban J connectivity index is 1.71. The Kier molecular flexibility index (Phi) is 3.98. The van der Waals surface area contributed by atoms with Crippen molar-refractivity contribution in [2.24, 2.45) is 0 Å². The zero-order chi connectivity index (χ0) is 20.0. The highest BCUT2D eigenvalue weighted by molar-refractivity contribution is 5.88. The molecule has 0 bridgehead atoms. The van der Waals surface area contributed by atoms with Crippen LogP contribution in [-0.2, 0) is 6.54 Å². The molecule has 2 N–H and O–H groups in total. The van der Waals surface area contributed by atoms with Crippen LogP contribution >= 0.6 is 0 Å². The largest absolute Gasteiger partial charge is 0.467 e. The van der Waals surface area contributed by atoms with Crippen LogP contribution in [0.1, 0.15) is 16.9 Å². The first-order valence-electron chi connectivity index (χ1n) is 9.48. The number of anilines is 1. The van der Waals surface area contributed by atoms with Crippen molar-refractivity contribution in [2.75, 3.05) is 5.32 Å². The summed E-state index contributed by atoms with van der Waals surface area (Å²) < 4.78 is 7.38. The molecule has 6 nitrogen and oxygen atoms in total. The highest BCUT2D eigenvalue weighted by Crippen LogP contribution is 2.29. The van der Waals surface area contributed by atoms with Gasteiger partial charge in [-0.05, 0) is 61.2 Å². The summed E-state index contributed by atoms with van der Waals surface area (Å²) in [6.45, 7) is 4.55. The van der Waals surface area contributed by atoms with Crippen LogP contribution < -0.4 is 10.9 Å². The summed E-state index contributed by atoms with van der Waals surface area (Å²) in [6, 6.07) is 15.6. The van der Waals surface area contributed by atoms with Crippen molar-refractivity contribution in [1.82, 2.24) is 14.4 Å². The molecule has 0 aliphatic heterocycles. The number of fused-ring (bicyclic) bond motifs is 2. The highest BCUT2D eigenvalue weighted by Gasteiger charge is 2.18. The van der Waals surface area contributed by atoms with Crippen molar-refractivity contribution in [1.29, 1.82) is 0 Å². The summed E-state index contributed by atoms with van der Waals surface area (Å²) in [7, 11) is 0. The van der Waals surface area contributed by atoms with E-state index in [0.29, 0.717) is 17.8 Å². The molecule has 0 unspecified atom stereocenters. The predicted octanol–water partition coefficient (Wildman–Crippen LogP) is 4.66. The van der Waals surface area contributed by atoms with Crippen LogP contribution in [0.25, 0.3) is 27.8 Å². The number of nitrogens with one attached hydrogen (secondary N) is 2. The number of aromatic amines is 1. The smallest absolute Gasteiger partial charge is 0.258 e. The Labute approximate surface area is 166 Å². The second kappa shape index (κ2) is 6.67. The lowest BCUT2D eigenvalue weighted by molar-refractivity contribution is 0.518. The first-order chi connectivity index (χ1) is 14.1. The zero-order valence-corrected chi connectivity index (χ0v) is 16.2. The van der Waals surface area contributed by atoms with Crippen LogP contribution in [0, 0.1) is 13.8 Å². The van der Waals surface area contributed by atoms with Gasteiger partial charge in [0, 0.05) is 6.20 Å². The molecule has 144 valence electrons. The first-order valence-corrected chi connectivity index (χ1v) is 9.48. The number of aryl methyl sites for hydroxylation is 2. The van der Waals surface area contributed by atoms with Crippen molar-refractivity contribution in [3.05, 3.63) is 88.2 Å². The Bertz CT molecular complexity index is 1390. The number of furan rings is 1. The summed E-state index contributed by atoms with van der Waals surface area (Å²) in [4.78, 5) is 20.8. The summed E-state index contributed by atoms with van der Waals surface area (Å²) >= 11 is 0. The number of aromatic nitrogens is 3. The number of hydrogen-bond donors (Lipinski definition) is 2. The fourth-order valence-corrected chi connectivity index (χ4v) is 3.80. The third-order valence-corrected chi connectivity index (χ3v) is 5.09. The van der Waals surface area contributed by atoms with E-state index in [0.717, 1.165) is 39.3 Å². The van der Waals surface area contributed by atoms with Crippen molar-refractivity contribution >= 4 is 22.4 Å². The van der Waals surface area contributed by atoms with Gasteiger partial charge in [-0.15, -0.1) is 0 Å². The van der Waals surface area contributed by atoms with Crippen LogP contribution in [0.3, 0.4) is 0 Å². The van der Waals surface area contributed by atoms with E-state index in [2.05, 4.69) is 29.4 Å². The summed E-state index contributed by atoms with van der Waals surface area (Å²) in [5.41, 5.74) is 4.82. The van der Waals surface area contributed by atoms with E-state index in [1.807, 2.05) is 53.9 Å². The fraction of sp³-hybridized carbons (Fsp3) is 0.130. The Morgan fingerprint density at radius 3 is 2.86 bits per heavy atom. The molecule has 4 heterocycles. The molecule has 5 aromatic rings. The SMILES string of the molecule is Cc1cc(C)c2[nH]c(=O)c(-c3nc4ccccn4c3NCc3ccco3)cc2c1. The minimum Gasteiger partial charge on any atom is -0.467 e. The minimum absolute atomic E-state index is 0.158. The van der Waals surface area contributed by atoms with Crippen LogP contribution in [0.15, 0.2) is 70.2 Å². The average molecular weight is 384 g/mol. The molecule has 0 saturated heterocycles. The number of rotatable bonds is 4. The number of benzene rings is 1. The number of hydrogen-bond acceptors (Lipinski definition) is 4. The van der Waals surface area contributed by atoms with Crippen LogP contribution in [0.4, 0.5) is 5.82 Å². The first kappa shape index (κ1) is 17.3. The second-order valence-electron chi connectivity index (χ2n) is 7.23. The molecule has 0 atom stereocenters. The minimum atomic E-state index is -0.158. The van der Waals surface area contributed by atoms with Gasteiger partial charge in [0.1, 0.15) is 22.9 Å². The lowest BCUT2D eigenvalue weighted by Gasteiger charge is -2.09. The highest BCUT2D eigenvalue weighted by atomic mass is 16.3. The summed E-state index contributed by atoms with van der Waals surface area (Å²) in [6.07, 6.45) is 3.57. The van der Waals surface area contributed by atoms with Crippen molar-refractivity contribution in [3.8, 4) is 11.3 Å². The number of pyridine rings is 2. The molecule has 0 fully saturated rings. The lowest BCUT2D eigenvalue weighted by atomic mass is 10.0. The Hall–Kier alpha value is -3.80. The average Bonchev–Trinajstić information content (AvgIpc) is 3.34. The molecule has 0 aliphatic rings. The van der Waals surface area contributed by atoms with E-state index in [1.165, 1.54) is 0 Å². The molecule has 1 aromatic carbocycles. The van der Waals surface area contributed by atoms with Gasteiger partial charge in [0.25, 0.3) is 5.56 Å². The van der Waals surface area contributed by atoms with E-state index in [1.54, 1.807) is 6.26 Å². The second-order valence-corrected chi connectivity index (χ2v) is 7.23.